The second-order valence-electron chi connectivity index (χ2n) is 6.65. The third kappa shape index (κ3) is 3.98. The van der Waals surface area contributed by atoms with Crippen LogP contribution < -0.4 is 9.47 Å². The zero-order valence-electron chi connectivity index (χ0n) is 15.7. The fraction of sp³-hybridized carbons (Fsp3) is 0.286. The molecule has 1 unspecified atom stereocenters. The molecule has 0 bridgehead atoms. The molecular formula is C21H22N4O3. The number of nitrogens with zero attached hydrogens (tertiary/aromatic N) is 4. The molecule has 1 aliphatic heterocycles. The first-order valence-corrected chi connectivity index (χ1v) is 9.29. The van der Waals surface area contributed by atoms with Crippen LogP contribution in [0, 0.1) is 0 Å². The smallest absolute Gasteiger partial charge is 0.319 e. The van der Waals surface area contributed by atoms with E-state index in [4.69, 9.17) is 9.47 Å². The molecule has 0 saturated carbocycles. The monoisotopic (exact) mass is 378 g/mol. The van der Waals surface area contributed by atoms with E-state index >= 15 is 0 Å². The number of rotatable bonds is 5. The van der Waals surface area contributed by atoms with Gasteiger partial charge in [-0.15, -0.1) is 0 Å². The minimum absolute atomic E-state index is 0.0209. The Morgan fingerprint density at radius 1 is 1.14 bits per heavy atom. The van der Waals surface area contributed by atoms with E-state index in [1.54, 1.807) is 12.3 Å². The number of methoxy groups -OCH3 is 1. The molecule has 0 radical (unpaired) electrons. The number of aromatic nitrogens is 3. The summed E-state index contributed by atoms with van der Waals surface area (Å²) in [5, 5.41) is 0. The van der Waals surface area contributed by atoms with Crippen molar-refractivity contribution in [3.05, 3.63) is 66.6 Å². The lowest BCUT2D eigenvalue weighted by molar-refractivity contribution is 0.0525. The van der Waals surface area contributed by atoms with Gasteiger partial charge >= 0.3 is 6.01 Å². The summed E-state index contributed by atoms with van der Waals surface area (Å²) in [6.07, 6.45) is 7.22. The maximum Gasteiger partial charge on any atom is 0.319 e. The average Bonchev–Trinajstić information content (AvgIpc) is 3.29. The van der Waals surface area contributed by atoms with Crippen LogP contribution in [-0.2, 0) is 0 Å². The highest BCUT2D eigenvalue weighted by Gasteiger charge is 2.26. The topological polar surface area (TPSA) is 69.5 Å². The van der Waals surface area contributed by atoms with E-state index in [0.29, 0.717) is 18.0 Å². The van der Waals surface area contributed by atoms with Gasteiger partial charge in [-0.1, -0.05) is 0 Å². The fourth-order valence-corrected chi connectivity index (χ4v) is 3.34. The van der Waals surface area contributed by atoms with Gasteiger partial charge in [0.15, 0.2) is 0 Å². The van der Waals surface area contributed by atoms with Crippen molar-refractivity contribution in [1.29, 1.82) is 0 Å². The van der Waals surface area contributed by atoms with Crippen LogP contribution in [0.4, 0.5) is 0 Å². The van der Waals surface area contributed by atoms with E-state index in [1.807, 2.05) is 58.3 Å². The van der Waals surface area contributed by atoms with Crippen molar-refractivity contribution in [3.63, 3.8) is 0 Å². The van der Waals surface area contributed by atoms with Gasteiger partial charge in [0.25, 0.3) is 5.91 Å². The molecule has 144 valence electrons. The zero-order valence-corrected chi connectivity index (χ0v) is 15.7. The van der Waals surface area contributed by atoms with Crippen LogP contribution in [0.5, 0.6) is 11.9 Å². The summed E-state index contributed by atoms with van der Waals surface area (Å²) >= 11 is 0. The molecule has 0 N–H and O–H groups in total. The average molecular weight is 378 g/mol. The molecular weight excluding hydrogens is 356 g/mol. The Labute approximate surface area is 163 Å². The van der Waals surface area contributed by atoms with E-state index in [2.05, 4.69) is 9.97 Å². The molecule has 1 aliphatic rings. The summed E-state index contributed by atoms with van der Waals surface area (Å²) in [5.41, 5.74) is 1.71. The van der Waals surface area contributed by atoms with Crippen LogP contribution in [0.2, 0.25) is 0 Å². The van der Waals surface area contributed by atoms with Crippen LogP contribution in [0.25, 0.3) is 5.69 Å². The molecule has 3 aromatic rings. The number of carbonyl (C=O) groups is 1. The summed E-state index contributed by atoms with van der Waals surface area (Å²) in [7, 11) is 1.52. The summed E-state index contributed by atoms with van der Waals surface area (Å²) in [6.45, 7) is 1.26. The van der Waals surface area contributed by atoms with Gasteiger partial charge in [-0.3, -0.25) is 4.79 Å². The molecule has 1 atom stereocenters. The molecule has 7 nitrogen and oxygen atoms in total. The summed E-state index contributed by atoms with van der Waals surface area (Å²) in [4.78, 5) is 22.9. The highest BCUT2D eigenvalue weighted by Crippen LogP contribution is 2.20. The Balaban J connectivity index is 1.41. The summed E-state index contributed by atoms with van der Waals surface area (Å²) < 4.78 is 13.0. The van der Waals surface area contributed by atoms with Gasteiger partial charge in [-0.2, -0.15) is 4.98 Å². The van der Waals surface area contributed by atoms with Crippen LogP contribution >= 0.6 is 0 Å². The first-order valence-electron chi connectivity index (χ1n) is 9.29. The van der Waals surface area contributed by atoms with Crippen LogP contribution in [0.1, 0.15) is 23.2 Å². The molecule has 1 aromatic carbocycles. The SMILES string of the molecule is COc1nccc(OC2CCCN(C(=O)c3ccc(-n4cccc4)cc3)C2)n1. The molecule has 0 spiro atoms. The molecule has 7 heteroatoms. The quantitative estimate of drug-likeness (QED) is 0.683. The van der Waals surface area contributed by atoms with Crippen molar-refractivity contribution < 1.29 is 14.3 Å². The minimum Gasteiger partial charge on any atom is -0.472 e. The molecule has 3 heterocycles. The second-order valence-corrected chi connectivity index (χ2v) is 6.65. The van der Waals surface area contributed by atoms with Crippen molar-refractivity contribution in [2.45, 2.75) is 18.9 Å². The third-order valence-corrected chi connectivity index (χ3v) is 4.76. The Morgan fingerprint density at radius 2 is 1.93 bits per heavy atom. The molecule has 28 heavy (non-hydrogen) atoms. The molecule has 2 aromatic heterocycles. The standard InChI is InChI=1S/C21H22N4O3/c1-27-21-22-11-10-19(23-21)28-18-5-4-14-25(15-18)20(26)16-6-8-17(9-7-16)24-12-2-3-13-24/h2-3,6-13,18H,4-5,14-15H2,1H3. The summed E-state index contributed by atoms with van der Waals surface area (Å²) in [6, 6.07) is 13.6. The van der Waals surface area contributed by atoms with Crippen molar-refractivity contribution in [2.75, 3.05) is 20.2 Å². The van der Waals surface area contributed by atoms with Crippen LogP contribution in [0.15, 0.2) is 61.1 Å². The largest absolute Gasteiger partial charge is 0.472 e. The Morgan fingerprint density at radius 3 is 2.68 bits per heavy atom. The van der Waals surface area contributed by atoms with E-state index in [9.17, 15) is 4.79 Å². The minimum atomic E-state index is -0.101. The number of hydrogen-bond donors (Lipinski definition) is 0. The molecule has 4 rings (SSSR count). The van der Waals surface area contributed by atoms with E-state index in [-0.39, 0.29) is 18.0 Å². The molecule has 1 amide bonds. The van der Waals surface area contributed by atoms with Crippen molar-refractivity contribution in [1.82, 2.24) is 19.4 Å². The van der Waals surface area contributed by atoms with Gasteiger partial charge in [-0.05, 0) is 49.2 Å². The van der Waals surface area contributed by atoms with Gasteiger partial charge < -0.3 is 18.9 Å². The predicted molar refractivity (Wildman–Crippen MR) is 104 cm³/mol. The molecule has 0 aliphatic carbocycles. The third-order valence-electron chi connectivity index (χ3n) is 4.76. The zero-order chi connectivity index (χ0) is 19.3. The number of piperidine rings is 1. The Hall–Kier alpha value is -3.35. The van der Waals surface area contributed by atoms with Crippen LogP contribution in [0.3, 0.4) is 0 Å². The number of carbonyl (C=O) groups excluding carboxylic acids is 1. The number of benzene rings is 1. The van der Waals surface area contributed by atoms with Gasteiger partial charge in [0.2, 0.25) is 5.88 Å². The maximum atomic E-state index is 12.9. The van der Waals surface area contributed by atoms with Crippen molar-refractivity contribution in [3.8, 4) is 17.6 Å². The van der Waals surface area contributed by atoms with Gasteiger partial charge in [0.05, 0.1) is 13.7 Å². The van der Waals surface area contributed by atoms with E-state index in [1.165, 1.54) is 7.11 Å². The van der Waals surface area contributed by atoms with E-state index < -0.39 is 0 Å². The molecule has 1 fully saturated rings. The Bertz CT molecular complexity index is 925. The van der Waals surface area contributed by atoms with E-state index in [0.717, 1.165) is 25.1 Å². The number of likely N-dealkylation sites (tertiary alicyclic amines) is 1. The number of hydrogen-bond acceptors (Lipinski definition) is 5. The highest BCUT2D eigenvalue weighted by atomic mass is 16.5. The lowest BCUT2D eigenvalue weighted by Gasteiger charge is -2.32. The van der Waals surface area contributed by atoms with Gasteiger partial charge in [0.1, 0.15) is 6.10 Å². The lowest BCUT2D eigenvalue weighted by atomic mass is 10.1. The first kappa shape index (κ1) is 18.0. The van der Waals surface area contributed by atoms with Crippen molar-refractivity contribution >= 4 is 5.91 Å². The fourth-order valence-electron chi connectivity index (χ4n) is 3.34. The number of ether oxygens (including phenoxy) is 2. The highest BCUT2D eigenvalue weighted by molar-refractivity contribution is 5.94. The predicted octanol–water partition coefficient (Wildman–Crippen LogP) is 2.96. The molecule has 1 saturated heterocycles. The second kappa shape index (κ2) is 8.12. The van der Waals surface area contributed by atoms with Gasteiger partial charge in [-0.25, -0.2) is 4.98 Å². The normalized spacial score (nSPS) is 16.6. The lowest BCUT2D eigenvalue weighted by Crippen LogP contribution is -2.44. The maximum absolute atomic E-state index is 12.9. The number of amides is 1. The summed E-state index contributed by atoms with van der Waals surface area (Å²) in [5.74, 6) is 0.481. The Kier molecular flexibility index (Phi) is 5.23. The van der Waals surface area contributed by atoms with Gasteiger partial charge in [0, 0.05) is 42.5 Å². The van der Waals surface area contributed by atoms with Crippen molar-refractivity contribution in [2.24, 2.45) is 0 Å². The first-order chi connectivity index (χ1) is 13.7. The van der Waals surface area contributed by atoms with Crippen LogP contribution in [-0.4, -0.2) is 51.6 Å².